The van der Waals surface area contributed by atoms with Crippen molar-refractivity contribution in [3.05, 3.63) is 59.7 Å². The molecule has 0 aliphatic carbocycles. The summed E-state index contributed by atoms with van der Waals surface area (Å²) in [4.78, 5) is 23.6. The third-order valence-corrected chi connectivity index (χ3v) is 5.00. The molecule has 0 aromatic heterocycles. The van der Waals surface area contributed by atoms with E-state index in [9.17, 15) is 13.8 Å². The fraction of sp³-hybridized carbons (Fsp3) is 0.222. The molecule has 0 radical (unpaired) electrons. The Morgan fingerprint density at radius 1 is 0.792 bits per heavy atom. The number of nitrogens with one attached hydrogen (secondary N) is 2. The van der Waals surface area contributed by atoms with E-state index in [1.54, 1.807) is 12.1 Å². The van der Waals surface area contributed by atoms with Crippen LogP contribution in [0.25, 0.3) is 0 Å². The van der Waals surface area contributed by atoms with Crippen molar-refractivity contribution in [2.24, 2.45) is 0 Å². The van der Waals surface area contributed by atoms with Crippen molar-refractivity contribution in [2.75, 3.05) is 0 Å². The van der Waals surface area contributed by atoms with E-state index < -0.39 is 10.8 Å². The molecule has 0 bridgehead atoms. The Balaban J connectivity index is 2.32. The highest BCUT2D eigenvalue weighted by molar-refractivity contribution is 7.85. The van der Waals surface area contributed by atoms with Gasteiger partial charge in [-0.15, -0.1) is 0 Å². The van der Waals surface area contributed by atoms with Crippen LogP contribution in [0.1, 0.15) is 25.0 Å². The number of rotatable bonds is 6. The van der Waals surface area contributed by atoms with Crippen LogP contribution in [0.5, 0.6) is 0 Å². The zero-order valence-electron chi connectivity index (χ0n) is 13.7. The predicted molar refractivity (Wildman–Crippen MR) is 92.6 cm³/mol. The van der Waals surface area contributed by atoms with Gasteiger partial charge in [0.25, 0.3) is 0 Å². The van der Waals surface area contributed by atoms with Crippen LogP contribution in [-0.2, 0) is 33.5 Å². The number of benzene rings is 2. The van der Waals surface area contributed by atoms with Gasteiger partial charge < -0.3 is 10.6 Å². The topological polar surface area (TPSA) is 75.3 Å². The zero-order valence-corrected chi connectivity index (χ0v) is 14.5. The van der Waals surface area contributed by atoms with Gasteiger partial charge in [0, 0.05) is 36.7 Å². The number of carbonyl (C=O) groups excluding carboxylic acids is 2. The molecule has 2 N–H and O–H groups in total. The first-order valence-electron chi connectivity index (χ1n) is 7.55. The molecular weight excluding hydrogens is 324 g/mol. The van der Waals surface area contributed by atoms with Gasteiger partial charge in [-0.2, -0.15) is 0 Å². The van der Waals surface area contributed by atoms with Crippen molar-refractivity contribution in [3.8, 4) is 0 Å². The van der Waals surface area contributed by atoms with Crippen LogP contribution in [0.2, 0.25) is 0 Å². The van der Waals surface area contributed by atoms with Crippen LogP contribution in [0.4, 0.5) is 0 Å². The second kappa shape index (κ2) is 8.40. The Morgan fingerprint density at radius 2 is 1.17 bits per heavy atom. The van der Waals surface area contributed by atoms with E-state index in [1.165, 1.54) is 13.8 Å². The molecule has 0 spiro atoms. The van der Waals surface area contributed by atoms with Gasteiger partial charge in [0.2, 0.25) is 11.8 Å². The van der Waals surface area contributed by atoms with Crippen LogP contribution in [-0.4, -0.2) is 16.0 Å². The van der Waals surface area contributed by atoms with E-state index in [0.29, 0.717) is 22.9 Å². The van der Waals surface area contributed by atoms with Crippen molar-refractivity contribution >= 4 is 22.6 Å². The Bertz CT molecular complexity index is 711. The molecule has 5 nitrogen and oxygen atoms in total. The second-order valence-corrected chi connectivity index (χ2v) is 6.72. The SMILES string of the molecule is CC(=O)NCc1ccccc1S(=O)c1ccccc1CNC(C)=O. The van der Waals surface area contributed by atoms with Crippen molar-refractivity contribution in [1.82, 2.24) is 10.6 Å². The second-order valence-electron chi connectivity index (χ2n) is 5.30. The van der Waals surface area contributed by atoms with Crippen molar-refractivity contribution < 1.29 is 13.8 Å². The number of hydrogen-bond donors (Lipinski definition) is 2. The summed E-state index contributed by atoms with van der Waals surface area (Å²) in [5, 5.41) is 5.47. The molecule has 6 heteroatoms. The van der Waals surface area contributed by atoms with E-state index in [1.807, 2.05) is 36.4 Å². The van der Waals surface area contributed by atoms with Gasteiger partial charge in [-0.05, 0) is 23.3 Å². The number of amides is 2. The van der Waals surface area contributed by atoms with Gasteiger partial charge in [-0.1, -0.05) is 36.4 Å². The first kappa shape index (κ1) is 17.9. The number of hydrogen-bond acceptors (Lipinski definition) is 3. The molecule has 0 aliphatic rings. The molecule has 0 saturated carbocycles. The van der Waals surface area contributed by atoms with Crippen LogP contribution in [0.15, 0.2) is 58.3 Å². The predicted octanol–water partition coefficient (Wildman–Crippen LogP) is 2.13. The Hall–Kier alpha value is -2.47. The highest BCUT2D eigenvalue weighted by Gasteiger charge is 2.15. The van der Waals surface area contributed by atoms with E-state index in [2.05, 4.69) is 10.6 Å². The van der Waals surface area contributed by atoms with Gasteiger partial charge in [0.15, 0.2) is 0 Å². The lowest BCUT2D eigenvalue weighted by Gasteiger charge is -2.13. The lowest BCUT2D eigenvalue weighted by atomic mass is 10.2. The average molecular weight is 344 g/mol. The molecule has 2 aromatic carbocycles. The van der Waals surface area contributed by atoms with Gasteiger partial charge in [0.1, 0.15) is 0 Å². The summed E-state index contributed by atoms with van der Waals surface area (Å²) in [6.07, 6.45) is 0. The van der Waals surface area contributed by atoms with Crippen molar-refractivity contribution in [2.45, 2.75) is 36.7 Å². The summed E-state index contributed by atoms with van der Waals surface area (Å²) in [7, 11) is -1.40. The minimum absolute atomic E-state index is 0.137. The van der Waals surface area contributed by atoms with E-state index in [4.69, 9.17) is 0 Å². The molecular formula is C18H20N2O3S. The third kappa shape index (κ3) is 4.76. The minimum atomic E-state index is -1.40. The largest absolute Gasteiger partial charge is 0.352 e. The Morgan fingerprint density at radius 3 is 1.54 bits per heavy atom. The maximum absolute atomic E-state index is 13.1. The molecule has 0 fully saturated rings. The molecule has 2 amide bonds. The van der Waals surface area contributed by atoms with Gasteiger partial charge in [-0.25, -0.2) is 4.21 Å². The molecule has 126 valence electrons. The number of carbonyl (C=O) groups is 2. The van der Waals surface area contributed by atoms with E-state index >= 15 is 0 Å². The quantitative estimate of drug-likeness (QED) is 0.843. The lowest BCUT2D eigenvalue weighted by molar-refractivity contribution is -0.120. The van der Waals surface area contributed by atoms with Crippen LogP contribution < -0.4 is 10.6 Å². The summed E-state index contributed by atoms with van der Waals surface area (Å²) in [6.45, 7) is 3.54. The smallest absolute Gasteiger partial charge is 0.217 e. The van der Waals surface area contributed by atoms with Crippen LogP contribution in [0, 0.1) is 0 Å². The molecule has 2 aromatic rings. The zero-order chi connectivity index (χ0) is 17.5. The molecule has 24 heavy (non-hydrogen) atoms. The van der Waals surface area contributed by atoms with Gasteiger partial charge in [-0.3, -0.25) is 9.59 Å². The summed E-state index contributed by atoms with van der Waals surface area (Å²) in [6, 6.07) is 14.6. The molecule has 0 saturated heterocycles. The molecule has 0 atom stereocenters. The van der Waals surface area contributed by atoms with Crippen LogP contribution in [0.3, 0.4) is 0 Å². The monoisotopic (exact) mass is 344 g/mol. The van der Waals surface area contributed by atoms with Gasteiger partial charge in [0.05, 0.1) is 10.8 Å². The lowest BCUT2D eigenvalue weighted by Crippen LogP contribution is -2.21. The summed E-state index contributed by atoms with van der Waals surface area (Å²) in [5.74, 6) is -0.275. The molecule has 0 unspecified atom stereocenters. The van der Waals surface area contributed by atoms with Crippen molar-refractivity contribution in [3.63, 3.8) is 0 Å². The minimum Gasteiger partial charge on any atom is -0.352 e. The average Bonchev–Trinajstić information content (AvgIpc) is 2.58. The van der Waals surface area contributed by atoms with E-state index in [0.717, 1.165) is 11.1 Å². The Kier molecular flexibility index (Phi) is 6.26. The standard InChI is InChI=1S/C18H20N2O3S/c1-13(21)19-11-15-7-3-5-9-17(15)24(23)18-10-6-4-8-16(18)12-20-14(2)22/h3-10H,11-12H2,1-2H3,(H,19,21)(H,20,22). The normalized spacial score (nSPS) is 10.5. The fourth-order valence-corrected chi connectivity index (χ4v) is 3.62. The highest BCUT2D eigenvalue weighted by Crippen LogP contribution is 2.23. The molecule has 2 rings (SSSR count). The van der Waals surface area contributed by atoms with E-state index in [-0.39, 0.29) is 11.8 Å². The van der Waals surface area contributed by atoms with Gasteiger partial charge >= 0.3 is 0 Å². The fourth-order valence-electron chi connectivity index (χ4n) is 2.22. The molecule has 0 heterocycles. The maximum atomic E-state index is 13.1. The molecule has 0 aliphatic heterocycles. The summed E-state index contributed by atoms with van der Waals surface area (Å²) < 4.78 is 13.1. The summed E-state index contributed by atoms with van der Waals surface area (Å²) >= 11 is 0. The van der Waals surface area contributed by atoms with Crippen LogP contribution >= 0.6 is 0 Å². The highest BCUT2D eigenvalue weighted by atomic mass is 32.2. The summed E-state index contributed by atoms with van der Waals surface area (Å²) in [5.41, 5.74) is 1.61. The third-order valence-electron chi connectivity index (χ3n) is 3.40. The first-order valence-corrected chi connectivity index (χ1v) is 8.70. The first-order chi connectivity index (χ1) is 11.5. The maximum Gasteiger partial charge on any atom is 0.217 e. The Labute approximate surface area is 143 Å². The van der Waals surface area contributed by atoms with Crippen molar-refractivity contribution in [1.29, 1.82) is 0 Å².